The zero-order valence-electron chi connectivity index (χ0n) is 21.1. The molecule has 1 N–H and O–H groups in total. The van der Waals surface area contributed by atoms with Gasteiger partial charge >= 0.3 is 12.1 Å². The number of ether oxygens (including phenoxy) is 3. The lowest BCUT2D eigenvalue weighted by Gasteiger charge is -2.13. The minimum absolute atomic E-state index is 0.0471. The van der Waals surface area contributed by atoms with Crippen molar-refractivity contribution in [2.45, 2.75) is 32.4 Å². The Morgan fingerprint density at radius 2 is 1.68 bits per heavy atom. The molecule has 3 aromatic rings. The number of aryl methyl sites for hydroxylation is 2. The predicted molar refractivity (Wildman–Crippen MR) is 132 cm³/mol. The van der Waals surface area contributed by atoms with Crippen LogP contribution in [0.1, 0.15) is 39.0 Å². The van der Waals surface area contributed by atoms with Gasteiger partial charge in [0.25, 0.3) is 5.91 Å². The van der Waals surface area contributed by atoms with Crippen LogP contribution >= 0.6 is 0 Å². The third-order valence-corrected chi connectivity index (χ3v) is 5.78. The average Bonchev–Trinajstić information content (AvgIpc) is 2.86. The Labute approximate surface area is 217 Å². The normalized spacial score (nSPS) is 11.1. The fourth-order valence-electron chi connectivity index (χ4n) is 3.78. The van der Waals surface area contributed by atoms with Crippen molar-refractivity contribution in [3.63, 3.8) is 0 Å². The number of carbonyl (C=O) groups excluding carboxylic acids is 2. The van der Waals surface area contributed by atoms with Crippen LogP contribution in [0.25, 0.3) is 0 Å². The van der Waals surface area contributed by atoms with Crippen LogP contribution in [-0.2, 0) is 28.5 Å². The van der Waals surface area contributed by atoms with Gasteiger partial charge in [-0.15, -0.1) is 0 Å². The molecule has 3 rings (SSSR count). The second kappa shape index (κ2) is 12.4. The lowest BCUT2D eigenvalue weighted by molar-refractivity contribution is -0.140. The number of alkyl halides is 3. The Balaban J connectivity index is 1.62. The number of halogens is 4. The third-order valence-electron chi connectivity index (χ3n) is 5.78. The third kappa shape index (κ3) is 7.71. The van der Waals surface area contributed by atoms with E-state index in [1.54, 1.807) is 18.2 Å². The quantitative estimate of drug-likeness (QED) is 0.254. The number of nitrogens with one attached hydrogen (secondary N) is 1. The highest BCUT2D eigenvalue weighted by Gasteiger charge is 2.31. The van der Waals surface area contributed by atoms with Crippen molar-refractivity contribution in [2.24, 2.45) is 0 Å². The Hall–Kier alpha value is -4.08. The largest absolute Gasteiger partial charge is 0.496 e. The Morgan fingerprint density at radius 3 is 2.34 bits per heavy atom. The molecule has 0 fully saturated rings. The van der Waals surface area contributed by atoms with Crippen molar-refractivity contribution in [1.82, 2.24) is 5.32 Å². The highest BCUT2D eigenvalue weighted by atomic mass is 19.4. The highest BCUT2D eigenvalue weighted by Crippen LogP contribution is 2.33. The first kappa shape index (κ1) is 28.5. The molecule has 0 bridgehead atoms. The second-order valence-electron chi connectivity index (χ2n) is 8.48. The van der Waals surface area contributed by atoms with Crippen LogP contribution in [0.2, 0.25) is 0 Å². The van der Waals surface area contributed by atoms with Gasteiger partial charge in [0.15, 0.2) is 0 Å². The van der Waals surface area contributed by atoms with Gasteiger partial charge in [-0.05, 0) is 78.9 Å². The number of rotatable bonds is 10. The van der Waals surface area contributed by atoms with Crippen LogP contribution in [0.4, 0.5) is 17.6 Å². The molecule has 0 heterocycles. The minimum Gasteiger partial charge on any atom is -0.496 e. The van der Waals surface area contributed by atoms with Gasteiger partial charge in [0.05, 0.1) is 25.3 Å². The first-order valence-electron chi connectivity index (χ1n) is 11.7. The summed E-state index contributed by atoms with van der Waals surface area (Å²) >= 11 is 0. The molecule has 0 aliphatic carbocycles. The van der Waals surface area contributed by atoms with Gasteiger partial charge in [-0.2, -0.15) is 13.2 Å². The molecule has 38 heavy (non-hydrogen) atoms. The number of benzene rings is 3. The van der Waals surface area contributed by atoms with Crippen LogP contribution in [0.3, 0.4) is 0 Å². The van der Waals surface area contributed by atoms with Gasteiger partial charge in [0.1, 0.15) is 23.1 Å². The van der Waals surface area contributed by atoms with Gasteiger partial charge in [-0.1, -0.05) is 6.07 Å². The molecule has 0 saturated heterocycles. The first-order valence-corrected chi connectivity index (χ1v) is 11.7. The summed E-state index contributed by atoms with van der Waals surface area (Å²) in [7, 11) is 2.52. The fraction of sp³-hybridized carbons (Fsp3) is 0.286. The summed E-state index contributed by atoms with van der Waals surface area (Å²) in [4.78, 5) is 23.9. The van der Waals surface area contributed by atoms with E-state index in [0.717, 1.165) is 29.3 Å². The van der Waals surface area contributed by atoms with Crippen molar-refractivity contribution in [3.8, 4) is 17.2 Å². The maximum atomic E-state index is 14.2. The van der Waals surface area contributed by atoms with Crippen molar-refractivity contribution < 1.29 is 41.4 Å². The summed E-state index contributed by atoms with van der Waals surface area (Å²) in [5, 5.41) is 2.61. The number of methoxy groups -OCH3 is 2. The lowest BCUT2D eigenvalue weighted by atomic mass is 10.0. The van der Waals surface area contributed by atoms with Gasteiger partial charge in [-0.3, -0.25) is 9.59 Å². The molecular weight excluding hydrogens is 506 g/mol. The van der Waals surface area contributed by atoms with Crippen molar-refractivity contribution >= 4 is 11.9 Å². The molecule has 1 amide bonds. The molecule has 0 atom stereocenters. The summed E-state index contributed by atoms with van der Waals surface area (Å²) in [6.45, 7) is 1.98. The van der Waals surface area contributed by atoms with Crippen LogP contribution in [0.5, 0.6) is 17.2 Å². The van der Waals surface area contributed by atoms with E-state index in [1.807, 2.05) is 13.0 Å². The summed E-state index contributed by atoms with van der Waals surface area (Å²) in [5.41, 5.74) is 1.44. The van der Waals surface area contributed by atoms with Crippen LogP contribution in [-0.4, -0.2) is 32.6 Å². The smallest absolute Gasteiger partial charge is 0.416 e. The standard InChI is InChI=1S/C28H27F4NO5/c1-17-12-22(7-4-19(17)5-9-26(34)37-3)38-23-14-18(13-21(29)16-23)10-11-33-27(35)24-8-6-20(28(30,31)32)15-25(24)36-2/h4,6-8,12-16H,5,9-11H2,1-3H3,(H,33,35). The van der Waals surface area contributed by atoms with Gasteiger partial charge < -0.3 is 19.5 Å². The molecule has 0 spiro atoms. The van der Waals surface area contributed by atoms with Crippen molar-refractivity contribution in [2.75, 3.05) is 20.8 Å². The number of esters is 1. The fourth-order valence-corrected chi connectivity index (χ4v) is 3.78. The molecule has 10 heteroatoms. The van der Waals surface area contributed by atoms with E-state index >= 15 is 0 Å². The molecule has 0 radical (unpaired) electrons. The molecule has 202 valence electrons. The average molecular weight is 534 g/mol. The SMILES string of the molecule is COC(=O)CCc1ccc(Oc2cc(F)cc(CCNC(=O)c3ccc(C(F)(F)F)cc3OC)c2)cc1C. The summed E-state index contributed by atoms with van der Waals surface area (Å²) in [6.07, 6.45) is -3.54. The molecule has 0 unspecified atom stereocenters. The Morgan fingerprint density at radius 1 is 0.921 bits per heavy atom. The van der Waals surface area contributed by atoms with Crippen molar-refractivity contribution in [1.29, 1.82) is 0 Å². The molecule has 6 nitrogen and oxygen atoms in total. The molecule has 0 aliphatic heterocycles. The number of hydrogen-bond acceptors (Lipinski definition) is 5. The monoisotopic (exact) mass is 533 g/mol. The summed E-state index contributed by atoms with van der Waals surface area (Å²) in [6, 6.07) is 12.1. The molecule has 3 aromatic carbocycles. The van der Waals surface area contributed by atoms with Crippen molar-refractivity contribution in [3.05, 3.63) is 88.2 Å². The number of hydrogen-bond donors (Lipinski definition) is 1. The van der Waals surface area contributed by atoms with Crippen LogP contribution in [0, 0.1) is 12.7 Å². The molecule has 0 aliphatic rings. The maximum Gasteiger partial charge on any atom is 0.416 e. The number of amides is 1. The van der Waals surface area contributed by atoms with E-state index in [0.29, 0.717) is 17.7 Å². The number of carbonyl (C=O) groups is 2. The first-order chi connectivity index (χ1) is 18.0. The topological polar surface area (TPSA) is 73.9 Å². The predicted octanol–water partition coefficient (Wildman–Crippen LogP) is 6.03. The molecular formula is C28H27F4NO5. The second-order valence-corrected chi connectivity index (χ2v) is 8.48. The Bertz CT molecular complexity index is 1310. The summed E-state index contributed by atoms with van der Waals surface area (Å²) in [5.74, 6) is -0.899. The van der Waals surface area contributed by atoms with E-state index in [1.165, 1.54) is 26.4 Å². The lowest BCUT2D eigenvalue weighted by Crippen LogP contribution is -2.26. The zero-order chi connectivity index (χ0) is 27.9. The van der Waals surface area contributed by atoms with E-state index in [9.17, 15) is 27.2 Å². The molecule has 0 aromatic heterocycles. The maximum absolute atomic E-state index is 14.2. The van der Waals surface area contributed by atoms with Gasteiger partial charge in [0, 0.05) is 19.0 Å². The molecule has 0 saturated carbocycles. The van der Waals surface area contributed by atoms with Crippen LogP contribution in [0.15, 0.2) is 54.6 Å². The zero-order valence-corrected chi connectivity index (χ0v) is 21.1. The van der Waals surface area contributed by atoms with E-state index in [4.69, 9.17) is 9.47 Å². The van der Waals surface area contributed by atoms with Crippen LogP contribution < -0.4 is 14.8 Å². The highest BCUT2D eigenvalue weighted by molar-refractivity contribution is 5.97. The Kier molecular flexibility index (Phi) is 9.33. The van der Waals surface area contributed by atoms with E-state index < -0.39 is 23.5 Å². The van der Waals surface area contributed by atoms with E-state index in [2.05, 4.69) is 10.1 Å². The summed E-state index contributed by atoms with van der Waals surface area (Å²) < 4.78 is 68.5. The van der Waals surface area contributed by atoms with E-state index in [-0.39, 0.29) is 42.4 Å². The van der Waals surface area contributed by atoms with Gasteiger partial charge in [-0.25, -0.2) is 4.39 Å². The van der Waals surface area contributed by atoms with Gasteiger partial charge in [0.2, 0.25) is 0 Å². The minimum atomic E-state index is -4.56.